The summed E-state index contributed by atoms with van der Waals surface area (Å²) in [4.78, 5) is 23.2. The SMILES string of the molecule is Cn1cnnc1CC1(c2cccc(N3Cc4c(cc(CNCC5COC(C)(C)O5)cc4C(F)(F)F)C3=O)c2)CC(F)(F)C1.O=CO. The molecule has 1 atom stereocenters. The maximum absolute atomic E-state index is 14.3. The number of rotatable bonds is 8. The smallest absolute Gasteiger partial charge is 0.416 e. The summed E-state index contributed by atoms with van der Waals surface area (Å²) in [5.41, 5.74) is -0.715. The number of nitrogens with one attached hydrogen (secondary N) is 1. The molecule has 6 rings (SSSR count). The number of alkyl halides is 5. The zero-order valence-electron chi connectivity index (χ0n) is 25.4. The number of ether oxygens (including phenoxy) is 2. The van der Waals surface area contributed by atoms with Crippen LogP contribution in [0.3, 0.4) is 0 Å². The lowest BCUT2D eigenvalue weighted by atomic mass is 9.60. The fraction of sp³-hybridized carbons (Fsp3) is 0.484. The molecule has 1 saturated heterocycles. The lowest BCUT2D eigenvalue weighted by molar-refractivity contribution is -0.138. The number of aryl methyl sites for hydroxylation is 1. The molecule has 248 valence electrons. The Morgan fingerprint density at radius 3 is 2.48 bits per heavy atom. The lowest BCUT2D eigenvalue weighted by Crippen LogP contribution is -2.51. The second-order valence-electron chi connectivity index (χ2n) is 12.3. The summed E-state index contributed by atoms with van der Waals surface area (Å²) in [6, 6.07) is 9.17. The summed E-state index contributed by atoms with van der Waals surface area (Å²) >= 11 is 0. The highest BCUT2D eigenvalue weighted by molar-refractivity contribution is 6.10. The van der Waals surface area contributed by atoms with Gasteiger partial charge in [-0.05, 0) is 54.8 Å². The molecule has 2 aromatic carbocycles. The highest BCUT2D eigenvalue weighted by Crippen LogP contribution is 2.55. The summed E-state index contributed by atoms with van der Waals surface area (Å²) in [5.74, 6) is -3.61. The number of halogens is 5. The fourth-order valence-corrected chi connectivity index (χ4v) is 6.42. The van der Waals surface area contributed by atoms with Crippen molar-refractivity contribution in [2.75, 3.05) is 18.1 Å². The summed E-state index contributed by atoms with van der Waals surface area (Å²) in [7, 11) is 1.73. The Labute approximate surface area is 261 Å². The number of anilines is 1. The van der Waals surface area contributed by atoms with Gasteiger partial charge in [-0.15, -0.1) is 10.2 Å². The van der Waals surface area contributed by atoms with Crippen LogP contribution in [0.2, 0.25) is 0 Å². The molecule has 3 aromatic rings. The fourth-order valence-electron chi connectivity index (χ4n) is 6.42. The van der Waals surface area contributed by atoms with E-state index in [9.17, 15) is 26.7 Å². The Bertz CT molecular complexity index is 1600. The number of hydrogen-bond donors (Lipinski definition) is 2. The summed E-state index contributed by atoms with van der Waals surface area (Å²) in [6.07, 6.45) is -4.04. The standard InChI is InChI=1S/C30H32F5N5O3.CH2O2/c1-27(2)42-14-21(43-27)12-36-11-18-7-22-23(24(8-18)30(33,34)35)13-40(26(22)41)20-6-4-5-19(9-20)28(15-29(31,32)16-28)10-25-38-37-17-39(25)3;2-1-3/h4-9,17,21,36H,10-16H2,1-3H3;1H,(H,2,3). The van der Waals surface area contributed by atoms with Gasteiger partial charge in [0.15, 0.2) is 5.79 Å². The second kappa shape index (κ2) is 12.3. The Kier molecular flexibility index (Phi) is 8.96. The van der Waals surface area contributed by atoms with Gasteiger partial charge in [-0.1, -0.05) is 12.1 Å². The van der Waals surface area contributed by atoms with E-state index >= 15 is 0 Å². The molecule has 0 bridgehead atoms. The molecule has 2 aliphatic heterocycles. The van der Waals surface area contributed by atoms with E-state index in [4.69, 9.17) is 19.4 Å². The quantitative estimate of drug-likeness (QED) is 0.262. The summed E-state index contributed by atoms with van der Waals surface area (Å²) < 4.78 is 84.1. The molecule has 3 heterocycles. The monoisotopic (exact) mass is 651 g/mol. The molecule has 10 nitrogen and oxygen atoms in total. The molecule has 46 heavy (non-hydrogen) atoms. The van der Waals surface area contributed by atoms with Crippen molar-refractivity contribution >= 4 is 18.1 Å². The van der Waals surface area contributed by atoms with Gasteiger partial charge in [0.1, 0.15) is 12.2 Å². The van der Waals surface area contributed by atoms with Gasteiger partial charge in [-0.25, -0.2) is 8.78 Å². The second-order valence-corrected chi connectivity index (χ2v) is 12.3. The third-order valence-electron chi connectivity index (χ3n) is 8.44. The number of carboxylic acid groups (broad SMARTS) is 1. The minimum absolute atomic E-state index is 0.0254. The van der Waals surface area contributed by atoms with Crippen LogP contribution >= 0.6 is 0 Å². The van der Waals surface area contributed by atoms with Crippen LogP contribution in [0.25, 0.3) is 0 Å². The van der Waals surface area contributed by atoms with Gasteiger partial charge in [0.25, 0.3) is 12.4 Å². The molecule has 1 unspecified atom stereocenters. The van der Waals surface area contributed by atoms with E-state index in [1.165, 1.54) is 17.3 Å². The maximum Gasteiger partial charge on any atom is 0.416 e. The van der Waals surface area contributed by atoms with Crippen molar-refractivity contribution < 1.29 is 46.1 Å². The zero-order valence-corrected chi connectivity index (χ0v) is 25.4. The number of carbonyl (C=O) groups is 2. The van der Waals surface area contributed by atoms with Gasteiger partial charge in [-0.2, -0.15) is 13.2 Å². The van der Waals surface area contributed by atoms with E-state index < -0.39 is 47.6 Å². The maximum atomic E-state index is 14.3. The highest BCUT2D eigenvalue weighted by atomic mass is 19.4. The van der Waals surface area contributed by atoms with E-state index in [0.717, 1.165) is 6.07 Å². The van der Waals surface area contributed by atoms with Crippen molar-refractivity contribution in [3.63, 3.8) is 0 Å². The number of nitrogens with zero attached hydrogens (tertiary/aromatic N) is 4. The number of amides is 1. The minimum Gasteiger partial charge on any atom is -0.483 e. The molecule has 0 spiro atoms. The van der Waals surface area contributed by atoms with E-state index in [1.54, 1.807) is 49.7 Å². The normalized spacial score (nSPS) is 20.9. The Balaban J connectivity index is 0.00000134. The van der Waals surface area contributed by atoms with Gasteiger partial charge in [-0.3, -0.25) is 9.59 Å². The van der Waals surface area contributed by atoms with Crippen molar-refractivity contribution in [2.24, 2.45) is 7.05 Å². The Morgan fingerprint density at radius 1 is 1.17 bits per heavy atom. The number of carbonyl (C=O) groups excluding carboxylic acids is 1. The van der Waals surface area contributed by atoms with E-state index in [0.29, 0.717) is 35.8 Å². The first-order valence-corrected chi connectivity index (χ1v) is 14.5. The highest BCUT2D eigenvalue weighted by Gasteiger charge is 2.57. The first-order valence-electron chi connectivity index (χ1n) is 14.5. The lowest BCUT2D eigenvalue weighted by Gasteiger charge is -2.48. The summed E-state index contributed by atoms with van der Waals surface area (Å²) in [6.45, 7) is 3.86. The van der Waals surface area contributed by atoms with Crippen LogP contribution in [-0.2, 0) is 52.4 Å². The first-order chi connectivity index (χ1) is 21.6. The van der Waals surface area contributed by atoms with Crippen LogP contribution in [0.5, 0.6) is 0 Å². The molecule has 3 aliphatic rings. The van der Waals surface area contributed by atoms with Crippen molar-refractivity contribution in [2.45, 2.75) is 75.6 Å². The number of hydrogen-bond acceptors (Lipinski definition) is 7. The predicted molar refractivity (Wildman–Crippen MR) is 154 cm³/mol. The first kappa shape index (κ1) is 33.4. The number of aromatic nitrogens is 3. The molecule has 1 aromatic heterocycles. The molecule has 1 amide bonds. The van der Waals surface area contributed by atoms with Crippen molar-refractivity contribution in [3.05, 3.63) is 76.4 Å². The number of fused-ring (bicyclic) bond motifs is 1. The predicted octanol–water partition coefficient (Wildman–Crippen LogP) is 4.85. The van der Waals surface area contributed by atoms with Gasteiger partial charge in [0.2, 0.25) is 5.92 Å². The van der Waals surface area contributed by atoms with Crippen molar-refractivity contribution in [3.8, 4) is 0 Å². The molecular formula is C31H34F5N5O5. The summed E-state index contributed by atoms with van der Waals surface area (Å²) in [5, 5.41) is 17.9. The van der Waals surface area contributed by atoms with E-state index in [1.807, 2.05) is 0 Å². The third-order valence-corrected chi connectivity index (χ3v) is 8.44. The average Bonchev–Trinajstić information content (AvgIpc) is 3.63. The Hall–Kier alpha value is -3.95. The molecular weight excluding hydrogens is 617 g/mol. The van der Waals surface area contributed by atoms with Crippen LogP contribution in [0.15, 0.2) is 42.7 Å². The molecule has 1 saturated carbocycles. The minimum atomic E-state index is -4.68. The van der Waals surface area contributed by atoms with Gasteiger partial charge >= 0.3 is 6.18 Å². The van der Waals surface area contributed by atoms with Gasteiger partial charge in [0, 0.05) is 56.1 Å². The molecule has 0 radical (unpaired) electrons. The van der Waals surface area contributed by atoms with Crippen LogP contribution in [0, 0.1) is 0 Å². The van der Waals surface area contributed by atoms with Gasteiger partial charge in [0.05, 0.1) is 24.8 Å². The largest absolute Gasteiger partial charge is 0.483 e. The molecule has 1 aliphatic carbocycles. The van der Waals surface area contributed by atoms with Crippen LogP contribution in [0.4, 0.5) is 27.6 Å². The average molecular weight is 652 g/mol. The van der Waals surface area contributed by atoms with E-state index in [2.05, 4.69) is 15.5 Å². The zero-order chi connectivity index (χ0) is 33.5. The van der Waals surface area contributed by atoms with Crippen LogP contribution < -0.4 is 10.2 Å². The topological polar surface area (TPSA) is 119 Å². The van der Waals surface area contributed by atoms with Crippen molar-refractivity contribution in [1.82, 2.24) is 20.1 Å². The number of benzene rings is 2. The van der Waals surface area contributed by atoms with Crippen LogP contribution in [-0.4, -0.2) is 63.2 Å². The third kappa shape index (κ3) is 6.90. The molecule has 15 heteroatoms. The Morgan fingerprint density at radius 2 is 1.89 bits per heavy atom. The molecule has 2 fully saturated rings. The van der Waals surface area contributed by atoms with Gasteiger partial charge < -0.3 is 29.4 Å². The van der Waals surface area contributed by atoms with Crippen LogP contribution in [0.1, 0.15) is 65.1 Å². The van der Waals surface area contributed by atoms with Crippen molar-refractivity contribution in [1.29, 1.82) is 0 Å². The molecule has 2 N–H and O–H groups in total. The van der Waals surface area contributed by atoms with E-state index in [-0.39, 0.29) is 43.2 Å².